The first-order valence-corrected chi connectivity index (χ1v) is 6.93. The molecule has 20 heavy (non-hydrogen) atoms. The summed E-state index contributed by atoms with van der Waals surface area (Å²) in [6.07, 6.45) is 0.970. The molecule has 0 aliphatic heterocycles. The molecule has 2 N–H and O–H groups in total. The van der Waals surface area contributed by atoms with E-state index in [2.05, 4.69) is 51.8 Å². The Morgan fingerprint density at radius 3 is 2.35 bits per heavy atom. The second-order valence-corrected chi connectivity index (χ2v) is 5.08. The van der Waals surface area contributed by atoms with Crippen molar-refractivity contribution < 1.29 is 0 Å². The fraction of sp³-hybridized carbons (Fsp3) is 0.375. The molecule has 0 saturated carbocycles. The second-order valence-electron chi connectivity index (χ2n) is 5.08. The van der Waals surface area contributed by atoms with E-state index in [9.17, 15) is 0 Å². The van der Waals surface area contributed by atoms with Gasteiger partial charge in [-0.2, -0.15) is 0 Å². The van der Waals surface area contributed by atoms with Gasteiger partial charge in [-0.1, -0.05) is 30.3 Å². The van der Waals surface area contributed by atoms with E-state index in [4.69, 9.17) is 0 Å². The van der Waals surface area contributed by atoms with Gasteiger partial charge >= 0.3 is 0 Å². The van der Waals surface area contributed by atoms with Gasteiger partial charge in [-0.3, -0.25) is 0 Å². The Morgan fingerprint density at radius 2 is 1.70 bits per heavy atom. The zero-order chi connectivity index (χ0) is 14.5. The zero-order valence-electron chi connectivity index (χ0n) is 12.6. The summed E-state index contributed by atoms with van der Waals surface area (Å²) in [7, 11) is 1.88. The summed E-state index contributed by atoms with van der Waals surface area (Å²) in [4.78, 5) is 8.88. The molecule has 1 aromatic heterocycles. The van der Waals surface area contributed by atoms with E-state index in [1.165, 1.54) is 5.56 Å². The molecule has 0 aliphatic rings. The van der Waals surface area contributed by atoms with E-state index < -0.39 is 0 Å². The quantitative estimate of drug-likeness (QED) is 0.876. The minimum atomic E-state index is 0.315. The number of hydrogen-bond acceptors (Lipinski definition) is 4. The highest BCUT2D eigenvalue weighted by molar-refractivity contribution is 5.57. The maximum atomic E-state index is 4.50. The predicted octanol–water partition coefficient (Wildman–Crippen LogP) is 3.18. The predicted molar refractivity (Wildman–Crippen MR) is 84.3 cm³/mol. The van der Waals surface area contributed by atoms with Gasteiger partial charge in [-0.25, -0.2) is 9.97 Å². The highest BCUT2D eigenvalue weighted by Crippen LogP contribution is 2.20. The van der Waals surface area contributed by atoms with Crippen molar-refractivity contribution in [3.63, 3.8) is 0 Å². The van der Waals surface area contributed by atoms with Crippen LogP contribution in [0.5, 0.6) is 0 Å². The molecule has 0 radical (unpaired) electrons. The number of aryl methyl sites for hydroxylation is 1. The van der Waals surface area contributed by atoms with Crippen LogP contribution in [0.2, 0.25) is 0 Å². The Morgan fingerprint density at radius 1 is 1.05 bits per heavy atom. The van der Waals surface area contributed by atoms with E-state index in [1.54, 1.807) is 0 Å². The van der Waals surface area contributed by atoms with E-state index in [-0.39, 0.29) is 0 Å². The van der Waals surface area contributed by atoms with E-state index in [0.717, 1.165) is 29.4 Å². The summed E-state index contributed by atoms with van der Waals surface area (Å²) in [5.74, 6) is 2.56. The van der Waals surface area contributed by atoms with Crippen LogP contribution in [0.15, 0.2) is 30.3 Å². The van der Waals surface area contributed by atoms with Gasteiger partial charge in [-0.05, 0) is 32.8 Å². The molecule has 1 unspecified atom stereocenters. The van der Waals surface area contributed by atoms with E-state index in [0.29, 0.717) is 6.04 Å². The maximum Gasteiger partial charge on any atom is 0.134 e. The molecule has 4 nitrogen and oxygen atoms in total. The SMILES string of the molecule is CNc1nc(C)nc(NC(C)Cc2ccccc2)c1C. The van der Waals surface area contributed by atoms with Gasteiger partial charge in [0.1, 0.15) is 17.5 Å². The largest absolute Gasteiger partial charge is 0.373 e. The molecular formula is C16H22N4. The molecule has 0 fully saturated rings. The van der Waals surface area contributed by atoms with Gasteiger partial charge in [0.15, 0.2) is 0 Å². The molecule has 0 saturated heterocycles. The summed E-state index contributed by atoms with van der Waals surface area (Å²) in [6, 6.07) is 10.8. The molecule has 2 aromatic rings. The van der Waals surface area contributed by atoms with E-state index in [1.807, 2.05) is 27.0 Å². The Balaban J connectivity index is 2.11. The van der Waals surface area contributed by atoms with Crippen LogP contribution < -0.4 is 10.6 Å². The number of aromatic nitrogens is 2. The number of nitrogens with zero attached hydrogens (tertiary/aromatic N) is 2. The average Bonchev–Trinajstić information content (AvgIpc) is 2.43. The third-order valence-corrected chi connectivity index (χ3v) is 3.26. The van der Waals surface area contributed by atoms with Crippen LogP contribution in [0.3, 0.4) is 0 Å². The maximum absolute atomic E-state index is 4.50. The first kappa shape index (κ1) is 14.3. The van der Waals surface area contributed by atoms with Crippen LogP contribution >= 0.6 is 0 Å². The standard InChI is InChI=1S/C16H22N4/c1-11(10-14-8-6-5-7-9-14)18-16-12(2)15(17-4)19-13(3)20-16/h5-9,11H,10H2,1-4H3,(H2,17,18,19,20). The molecule has 106 valence electrons. The van der Waals surface area contributed by atoms with E-state index >= 15 is 0 Å². The van der Waals surface area contributed by atoms with Crippen molar-refractivity contribution in [3.8, 4) is 0 Å². The van der Waals surface area contributed by atoms with Crippen molar-refractivity contribution in [1.82, 2.24) is 9.97 Å². The number of hydrogen-bond donors (Lipinski definition) is 2. The summed E-state index contributed by atoms with van der Waals surface area (Å²) < 4.78 is 0. The van der Waals surface area contributed by atoms with Crippen LogP contribution in [0.4, 0.5) is 11.6 Å². The molecule has 0 aliphatic carbocycles. The molecule has 1 atom stereocenters. The van der Waals surface area contributed by atoms with Crippen molar-refractivity contribution in [2.24, 2.45) is 0 Å². The van der Waals surface area contributed by atoms with Gasteiger partial charge in [0, 0.05) is 18.7 Å². The van der Waals surface area contributed by atoms with Crippen LogP contribution in [0.1, 0.15) is 23.9 Å². The smallest absolute Gasteiger partial charge is 0.134 e. The first-order chi connectivity index (χ1) is 9.60. The first-order valence-electron chi connectivity index (χ1n) is 6.93. The fourth-order valence-electron chi connectivity index (χ4n) is 2.26. The van der Waals surface area contributed by atoms with Gasteiger partial charge < -0.3 is 10.6 Å². The number of rotatable bonds is 5. The molecule has 1 heterocycles. The van der Waals surface area contributed by atoms with Gasteiger partial charge in [0.2, 0.25) is 0 Å². The molecule has 0 bridgehead atoms. The molecule has 2 rings (SSSR count). The Kier molecular flexibility index (Phi) is 4.56. The number of nitrogens with one attached hydrogen (secondary N) is 2. The van der Waals surface area contributed by atoms with Crippen LogP contribution in [0.25, 0.3) is 0 Å². The topological polar surface area (TPSA) is 49.8 Å². The highest BCUT2D eigenvalue weighted by Gasteiger charge is 2.11. The number of anilines is 2. The summed E-state index contributed by atoms with van der Waals surface area (Å²) >= 11 is 0. The van der Waals surface area contributed by atoms with Gasteiger partial charge in [-0.15, -0.1) is 0 Å². The van der Waals surface area contributed by atoms with Crippen molar-refractivity contribution >= 4 is 11.6 Å². The third-order valence-electron chi connectivity index (χ3n) is 3.26. The lowest BCUT2D eigenvalue weighted by Gasteiger charge is -2.18. The molecular weight excluding hydrogens is 248 g/mol. The van der Waals surface area contributed by atoms with Crippen LogP contribution in [-0.2, 0) is 6.42 Å². The third kappa shape index (κ3) is 3.47. The van der Waals surface area contributed by atoms with Crippen molar-refractivity contribution in [1.29, 1.82) is 0 Å². The van der Waals surface area contributed by atoms with Crippen LogP contribution in [-0.4, -0.2) is 23.1 Å². The Hall–Kier alpha value is -2.10. The Labute approximate surface area is 120 Å². The lowest BCUT2D eigenvalue weighted by molar-refractivity contribution is 0.780. The van der Waals surface area contributed by atoms with Crippen molar-refractivity contribution in [3.05, 3.63) is 47.3 Å². The normalized spacial score (nSPS) is 12.0. The molecule has 0 spiro atoms. The monoisotopic (exact) mass is 270 g/mol. The zero-order valence-corrected chi connectivity index (χ0v) is 12.6. The highest BCUT2D eigenvalue weighted by atomic mass is 15.1. The summed E-state index contributed by atoms with van der Waals surface area (Å²) in [5, 5.41) is 6.59. The lowest BCUT2D eigenvalue weighted by atomic mass is 10.1. The average molecular weight is 270 g/mol. The van der Waals surface area contributed by atoms with Crippen molar-refractivity contribution in [2.75, 3.05) is 17.7 Å². The fourth-order valence-corrected chi connectivity index (χ4v) is 2.26. The molecule has 4 heteroatoms. The van der Waals surface area contributed by atoms with Gasteiger partial charge in [0.25, 0.3) is 0 Å². The summed E-state index contributed by atoms with van der Waals surface area (Å²) in [5.41, 5.74) is 2.38. The summed E-state index contributed by atoms with van der Waals surface area (Å²) in [6.45, 7) is 6.11. The van der Waals surface area contributed by atoms with Gasteiger partial charge in [0.05, 0.1) is 0 Å². The minimum Gasteiger partial charge on any atom is -0.373 e. The number of benzene rings is 1. The molecule has 0 amide bonds. The molecule has 1 aromatic carbocycles. The van der Waals surface area contributed by atoms with Crippen molar-refractivity contribution in [2.45, 2.75) is 33.2 Å². The lowest BCUT2D eigenvalue weighted by Crippen LogP contribution is -2.20. The minimum absolute atomic E-state index is 0.315. The van der Waals surface area contributed by atoms with Crippen LogP contribution in [0, 0.1) is 13.8 Å². The Bertz CT molecular complexity index is 566. The second kappa shape index (κ2) is 6.37.